The van der Waals surface area contributed by atoms with E-state index < -0.39 is 0 Å². The highest BCUT2D eigenvalue weighted by molar-refractivity contribution is 5.45. The molecule has 0 bridgehead atoms. The lowest BCUT2D eigenvalue weighted by atomic mass is 9.81. The van der Waals surface area contributed by atoms with Crippen molar-refractivity contribution in [3.05, 3.63) is 70.5 Å². The van der Waals surface area contributed by atoms with Crippen LogP contribution in [0.2, 0.25) is 0 Å². The van der Waals surface area contributed by atoms with Gasteiger partial charge >= 0.3 is 0 Å². The average molecular weight is 311 g/mol. The van der Waals surface area contributed by atoms with Crippen molar-refractivity contribution in [1.29, 1.82) is 0 Å². The SMILES string of the molecule is CN(C)CC1CO[C@@H]2c3cc(F)ccc3Cc3ccccc3[C@@H]12. The lowest BCUT2D eigenvalue weighted by Crippen LogP contribution is -2.26. The maximum Gasteiger partial charge on any atom is 0.123 e. The first-order valence-corrected chi connectivity index (χ1v) is 8.26. The van der Waals surface area contributed by atoms with Gasteiger partial charge in [-0.15, -0.1) is 0 Å². The topological polar surface area (TPSA) is 12.5 Å². The van der Waals surface area contributed by atoms with E-state index in [0.29, 0.717) is 11.8 Å². The number of ether oxygens (including phenoxy) is 1. The number of fused-ring (bicyclic) bond motifs is 5. The molecule has 1 aliphatic heterocycles. The minimum atomic E-state index is -0.173. The molecule has 2 aromatic carbocycles. The fourth-order valence-corrected chi connectivity index (χ4v) is 4.23. The van der Waals surface area contributed by atoms with E-state index in [0.717, 1.165) is 25.1 Å². The van der Waals surface area contributed by atoms with Gasteiger partial charge in [0.15, 0.2) is 0 Å². The van der Waals surface area contributed by atoms with E-state index in [1.807, 2.05) is 6.07 Å². The summed E-state index contributed by atoms with van der Waals surface area (Å²) in [4.78, 5) is 2.22. The van der Waals surface area contributed by atoms with Crippen LogP contribution in [-0.4, -0.2) is 32.1 Å². The Balaban J connectivity index is 1.86. The van der Waals surface area contributed by atoms with Crippen LogP contribution in [-0.2, 0) is 11.2 Å². The van der Waals surface area contributed by atoms with Crippen LogP contribution in [0.25, 0.3) is 0 Å². The summed E-state index contributed by atoms with van der Waals surface area (Å²) in [6.45, 7) is 1.72. The number of hydrogen-bond donors (Lipinski definition) is 0. The molecule has 120 valence electrons. The van der Waals surface area contributed by atoms with Gasteiger partial charge in [-0.2, -0.15) is 0 Å². The first-order chi connectivity index (χ1) is 11.1. The van der Waals surface area contributed by atoms with Crippen molar-refractivity contribution in [2.24, 2.45) is 5.92 Å². The third kappa shape index (κ3) is 2.58. The highest BCUT2D eigenvalue weighted by Gasteiger charge is 2.42. The third-order valence-electron chi connectivity index (χ3n) is 5.13. The predicted octanol–water partition coefficient (Wildman–Crippen LogP) is 3.76. The van der Waals surface area contributed by atoms with E-state index in [9.17, 15) is 4.39 Å². The number of hydrogen-bond acceptors (Lipinski definition) is 2. The molecule has 1 fully saturated rings. The number of rotatable bonds is 2. The fourth-order valence-electron chi connectivity index (χ4n) is 4.23. The molecule has 2 nitrogen and oxygen atoms in total. The fraction of sp³-hybridized carbons (Fsp3) is 0.400. The van der Waals surface area contributed by atoms with Crippen molar-refractivity contribution < 1.29 is 9.13 Å². The maximum absolute atomic E-state index is 13.9. The molecule has 0 radical (unpaired) electrons. The van der Waals surface area contributed by atoms with Crippen LogP contribution in [0.4, 0.5) is 4.39 Å². The largest absolute Gasteiger partial charge is 0.372 e. The Labute approximate surface area is 136 Å². The third-order valence-corrected chi connectivity index (χ3v) is 5.13. The normalized spacial score (nSPS) is 25.7. The summed E-state index contributed by atoms with van der Waals surface area (Å²) in [5, 5.41) is 0. The van der Waals surface area contributed by atoms with Crippen LogP contribution in [0.15, 0.2) is 42.5 Å². The van der Waals surface area contributed by atoms with E-state index in [1.54, 1.807) is 12.1 Å². The molecular weight excluding hydrogens is 289 g/mol. The Kier molecular flexibility index (Phi) is 3.70. The van der Waals surface area contributed by atoms with Gasteiger partial charge in [0.1, 0.15) is 5.82 Å². The van der Waals surface area contributed by atoms with Crippen LogP contribution in [0.5, 0.6) is 0 Å². The lowest BCUT2D eigenvalue weighted by molar-refractivity contribution is 0.0999. The average Bonchev–Trinajstić information content (AvgIpc) is 2.86. The summed E-state index contributed by atoms with van der Waals surface area (Å²) in [5.74, 6) is 0.565. The second-order valence-electron chi connectivity index (χ2n) is 7.02. The van der Waals surface area contributed by atoms with Crippen molar-refractivity contribution in [3.8, 4) is 0 Å². The van der Waals surface area contributed by atoms with Crippen LogP contribution < -0.4 is 0 Å². The molecule has 1 saturated heterocycles. The van der Waals surface area contributed by atoms with Gasteiger partial charge in [0, 0.05) is 18.4 Å². The molecule has 3 heteroatoms. The van der Waals surface area contributed by atoms with Crippen LogP contribution >= 0.6 is 0 Å². The molecular formula is C20H22FNO. The van der Waals surface area contributed by atoms with Gasteiger partial charge in [-0.3, -0.25) is 0 Å². The molecule has 0 aromatic heterocycles. The highest BCUT2D eigenvalue weighted by atomic mass is 19.1. The second kappa shape index (κ2) is 5.73. The number of halogens is 1. The van der Waals surface area contributed by atoms with Gasteiger partial charge in [0.25, 0.3) is 0 Å². The molecule has 23 heavy (non-hydrogen) atoms. The minimum Gasteiger partial charge on any atom is -0.372 e. The smallest absolute Gasteiger partial charge is 0.123 e. The van der Waals surface area contributed by atoms with Gasteiger partial charge in [-0.25, -0.2) is 4.39 Å². The first kappa shape index (κ1) is 14.9. The molecule has 3 atom stereocenters. The van der Waals surface area contributed by atoms with Crippen molar-refractivity contribution in [3.63, 3.8) is 0 Å². The Morgan fingerprint density at radius 1 is 1.09 bits per heavy atom. The Morgan fingerprint density at radius 3 is 2.70 bits per heavy atom. The molecule has 1 heterocycles. The standard InChI is InChI=1S/C20H22FNO/c1-22(2)11-15-12-23-20-18-10-16(21)8-7-14(18)9-13-5-3-4-6-17(13)19(15)20/h3-8,10,15,19-20H,9,11-12H2,1-2H3/t15?,19-,20-/m1/s1. The van der Waals surface area contributed by atoms with Crippen LogP contribution in [0.3, 0.4) is 0 Å². The van der Waals surface area contributed by atoms with E-state index in [-0.39, 0.29) is 11.9 Å². The molecule has 1 unspecified atom stereocenters. The van der Waals surface area contributed by atoms with Crippen molar-refractivity contribution in [2.75, 3.05) is 27.2 Å². The molecule has 2 aromatic rings. The molecule has 0 saturated carbocycles. The quantitative estimate of drug-likeness (QED) is 0.837. The zero-order valence-electron chi connectivity index (χ0n) is 13.6. The summed E-state index contributed by atoms with van der Waals surface area (Å²) in [6.07, 6.45) is 0.825. The summed E-state index contributed by atoms with van der Waals surface area (Å²) in [6, 6.07) is 13.8. The van der Waals surface area contributed by atoms with E-state index in [2.05, 4.69) is 43.3 Å². The Bertz CT molecular complexity index is 727. The molecule has 2 aliphatic rings. The number of benzene rings is 2. The molecule has 0 spiro atoms. The van der Waals surface area contributed by atoms with Gasteiger partial charge in [0.05, 0.1) is 12.7 Å². The van der Waals surface area contributed by atoms with Crippen molar-refractivity contribution in [2.45, 2.75) is 18.4 Å². The molecule has 0 amide bonds. The summed E-state index contributed by atoms with van der Waals surface area (Å²) in [7, 11) is 4.20. The molecule has 4 rings (SSSR count). The van der Waals surface area contributed by atoms with Crippen LogP contribution in [0, 0.1) is 11.7 Å². The van der Waals surface area contributed by atoms with E-state index >= 15 is 0 Å². The first-order valence-electron chi connectivity index (χ1n) is 8.26. The monoisotopic (exact) mass is 311 g/mol. The predicted molar refractivity (Wildman–Crippen MR) is 89.1 cm³/mol. The zero-order valence-corrected chi connectivity index (χ0v) is 13.6. The number of nitrogens with zero attached hydrogens (tertiary/aromatic N) is 1. The van der Waals surface area contributed by atoms with Gasteiger partial charge < -0.3 is 9.64 Å². The lowest BCUT2D eigenvalue weighted by Gasteiger charge is -2.25. The molecule has 0 N–H and O–H groups in total. The van der Waals surface area contributed by atoms with Gasteiger partial charge in [-0.1, -0.05) is 30.3 Å². The van der Waals surface area contributed by atoms with Gasteiger partial charge in [-0.05, 0) is 54.9 Å². The minimum absolute atomic E-state index is 0.0331. The summed E-state index contributed by atoms with van der Waals surface area (Å²) in [5.41, 5.74) is 4.95. The second-order valence-corrected chi connectivity index (χ2v) is 7.02. The summed E-state index contributed by atoms with van der Waals surface area (Å²) >= 11 is 0. The Morgan fingerprint density at radius 2 is 1.87 bits per heavy atom. The van der Waals surface area contributed by atoms with Gasteiger partial charge in [0.2, 0.25) is 0 Å². The van der Waals surface area contributed by atoms with Crippen molar-refractivity contribution >= 4 is 0 Å². The van der Waals surface area contributed by atoms with Crippen LogP contribution in [0.1, 0.15) is 34.3 Å². The maximum atomic E-state index is 13.9. The highest BCUT2D eigenvalue weighted by Crippen LogP contribution is 2.49. The van der Waals surface area contributed by atoms with Crippen molar-refractivity contribution in [1.82, 2.24) is 4.90 Å². The summed E-state index contributed by atoms with van der Waals surface area (Å²) < 4.78 is 20.1. The Hall–Kier alpha value is -1.71. The molecule has 1 aliphatic carbocycles. The zero-order chi connectivity index (χ0) is 16.0. The van der Waals surface area contributed by atoms with E-state index in [4.69, 9.17) is 4.74 Å². The van der Waals surface area contributed by atoms with E-state index in [1.165, 1.54) is 16.7 Å².